The number of benzene rings is 1. The van der Waals surface area contributed by atoms with Crippen molar-refractivity contribution in [2.24, 2.45) is 0 Å². The molecule has 1 aromatic heterocycles. The number of nitrogens with zero attached hydrogens (tertiary/aromatic N) is 1. The Kier molecular flexibility index (Phi) is 4.58. The molecule has 19 heavy (non-hydrogen) atoms. The highest BCUT2D eigenvalue weighted by molar-refractivity contribution is 6.18. The van der Waals surface area contributed by atoms with Crippen LogP contribution in [0, 0.1) is 6.92 Å². The van der Waals surface area contributed by atoms with Crippen LogP contribution in [0.25, 0.3) is 0 Å². The number of carbonyl (C=O) groups excluding carboxylic acids is 1. The molecule has 0 fully saturated rings. The average Bonchev–Trinajstić information content (AvgIpc) is 2.85. The Morgan fingerprint density at radius 2 is 2.16 bits per heavy atom. The standard InChI is InChI=1S/C14H15ClN2O2/c1-10-13(9-16-19-10)14(18)17-12(8-15)7-11-5-3-2-4-6-11/h2-6,9,12H,7-8H2,1H3,(H,17,18). The average molecular weight is 279 g/mol. The number of carbonyl (C=O) groups is 1. The van der Waals surface area contributed by atoms with Crippen molar-refractivity contribution >= 4 is 17.5 Å². The van der Waals surface area contributed by atoms with Gasteiger partial charge in [0.2, 0.25) is 0 Å². The lowest BCUT2D eigenvalue weighted by atomic mass is 10.1. The van der Waals surface area contributed by atoms with Crippen molar-refractivity contribution in [3.05, 3.63) is 53.4 Å². The molecule has 0 aliphatic carbocycles. The van der Waals surface area contributed by atoms with E-state index in [1.54, 1.807) is 6.92 Å². The van der Waals surface area contributed by atoms with E-state index in [9.17, 15) is 4.79 Å². The van der Waals surface area contributed by atoms with Crippen molar-refractivity contribution < 1.29 is 9.32 Å². The fraction of sp³-hybridized carbons (Fsp3) is 0.286. The van der Waals surface area contributed by atoms with Crippen LogP contribution in [0.2, 0.25) is 0 Å². The van der Waals surface area contributed by atoms with E-state index in [2.05, 4.69) is 10.5 Å². The maximum absolute atomic E-state index is 12.0. The first-order valence-corrected chi connectivity index (χ1v) is 6.56. The first-order valence-electron chi connectivity index (χ1n) is 6.02. The van der Waals surface area contributed by atoms with Crippen LogP contribution in [0.15, 0.2) is 41.1 Å². The molecule has 0 spiro atoms. The number of nitrogens with one attached hydrogen (secondary N) is 1. The lowest BCUT2D eigenvalue weighted by molar-refractivity contribution is 0.0939. The van der Waals surface area contributed by atoms with Crippen molar-refractivity contribution in [2.45, 2.75) is 19.4 Å². The van der Waals surface area contributed by atoms with E-state index < -0.39 is 0 Å². The lowest BCUT2D eigenvalue weighted by Gasteiger charge is -2.15. The summed E-state index contributed by atoms with van der Waals surface area (Å²) in [5.74, 6) is 0.649. The number of amides is 1. The van der Waals surface area contributed by atoms with Crippen LogP contribution in [0.5, 0.6) is 0 Å². The Morgan fingerprint density at radius 3 is 2.74 bits per heavy atom. The van der Waals surface area contributed by atoms with Gasteiger partial charge in [-0.05, 0) is 18.9 Å². The fourth-order valence-electron chi connectivity index (χ4n) is 1.82. The quantitative estimate of drug-likeness (QED) is 0.855. The smallest absolute Gasteiger partial charge is 0.256 e. The molecule has 1 N–H and O–H groups in total. The van der Waals surface area contributed by atoms with Crippen molar-refractivity contribution in [2.75, 3.05) is 5.88 Å². The minimum atomic E-state index is -0.208. The van der Waals surface area contributed by atoms with E-state index >= 15 is 0 Å². The molecular formula is C14H15ClN2O2. The Bertz CT molecular complexity index is 539. The van der Waals surface area contributed by atoms with E-state index in [0.717, 1.165) is 5.56 Å². The van der Waals surface area contributed by atoms with E-state index in [0.29, 0.717) is 23.6 Å². The van der Waals surface area contributed by atoms with Gasteiger partial charge in [0.05, 0.1) is 6.20 Å². The third kappa shape index (κ3) is 3.58. The molecule has 2 rings (SSSR count). The summed E-state index contributed by atoms with van der Waals surface area (Å²) in [6.07, 6.45) is 2.11. The molecule has 0 aliphatic rings. The molecule has 0 bridgehead atoms. The van der Waals surface area contributed by atoms with E-state index in [1.165, 1.54) is 6.20 Å². The van der Waals surface area contributed by atoms with Crippen LogP contribution in [-0.4, -0.2) is 23.0 Å². The molecule has 5 heteroatoms. The second-order valence-corrected chi connectivity index (χ2v) is 4.62. The van der Waals surface area contributed by atoms with Gasteiger partial charge in [0, 0.05) is 11.9 Å². The first kappa shape index (κ1) is 13.6. The van der Waals surface area contributed by atoms with Gasteiger partial charge in [0.15, 0.2) is 0 Å². The summed E-state index contributed by atoms with van der Waals surface area (Å²) >= 11 is 5.91. The van der Waals surface area contributed by atoms with Gasteiger partial charge in [0.25, 0.3) is 5.91 Å². The molecule has 1 atom stereocenters. The van der Waals surface area contributed by atoms with Gasteiger partial charge in [0.1, 0.15) is 11.3 Å². The largest absolute Gasteiger partial charge is 0.361 e. The van der Waals surface area contributed by atoms with Crippen LogP contribution in [0.1, 0.15) is 21.7 Å². The summed E-state index contributed by atoms with van der Waals surface area (Å²) < 4.78 is 4.88. The number of rotatable bonds is 5. The molecule has 1 aromatic carbocycles. The monoisotopic (exact) mass is 278 g/mol. The maximum Gasteiger partial charge on any atom is 0.256 e. The Labute approximate surface area is 116 Å². The topological polar surface area (TPSA) is 55.1 Å². The van der Waals surface area contributed by atoms with Gasteiger partial charge < -0.3 is 9.84 Å². The van der Waals surface area contributed by atoms with Crippen LogP contribution in [-0.2, 0) is 6.42 Å². The predicted molar refractivity (Wildman–Crippen MR) is 73.4 cm³/mol. The molecule has 100 valence electrons. The summed E-state index contributed by atoms with van der Waals surface area (Å²) in [5, 5.41) is 6.48. The van der Waals surface area contributed by atoms with E-state index in [1.807, 2.05) is 30.3 Å². The fourth-order valence-corrected chi connectivity index (χ4v) is 2.01. The second-order valence-electron chi connectivity index (χ2n) is 4.31. The number of hydrogen-bond acceptors (Lipinski definition) is 3. The summed E-state index contributed by atoms with van der Waals surface area (Å²) in [7, 11) is 0. The first-order chi connectivity index (χ1) is 9.20. The van der Waals surface area contributed by atoms with Crippen LogP contribution in [0.3, 0.4) is 0 Å². The Morgan fingerprint density at radius 1 is 1.42 bits per heavy atom. The second kappa shape index (κ2) is 6.38. The zero-order valence-electron chi connectivity index (χ0n) is 10.6. The molecule has 1 unspecified atom stereocenters. The molecule has 4 nitrogen and oxygen atoms in total. The minimum Gasteiger partial charge on any atom is -0.361 e. The van der Waals surface area contributed by atoms with Crippen molar-refractivity contribution in [1.82, 2.24) is 10.5 Å². The molecular weight excluding hydrogens is 264 g/mol. The van der Waals surface area contributed by atoms with Crippen molar-refractivity contribution in [1.29, 1.82) is 0 Å². The third-order valence-corrected chi connectivity index (χ3v) is 3.21. The van der Waals surface area contributed by atoms with Crippen LogP contribution >= 0.6 is 11.6 Å². The Hall–Kier alpha value is -1.81. The lowest BCUT2D eigenvalue weighted by Crippen LogP contribution is -2.37. The number of aryl methyl sites for hydroxylation is 1. The van der Waals surface area contributed by atoms with Crippen molar-refractivity contribution in [3.63, 3.8) is 0 Å². The summed E-state index contributed by atoms with van der Waals surface area (Å²) in [4.78, 5) is 12.0. The highest BCUT2D eigenvalue weighted by Gasteiger charge is 2.17. The van der Waals surface area contributed by atoms with Crippen molar-refractivity contribution in [3.8, 4) is 0 Å². The number of alkyl halides is 1. The summed E-state index contributed by atoms with van der Waals surface area (Å²) in [6, 6.07) is 9.79. The molecule has 1 heterocycles. The van der Waals surface area contributed by atoms with Gasteiger partial charge in [-0.25, -0.2) is 0 Å². The van der Waals surface area contributed by atoms with Crippen LogP contribution in [0.4, 0.5) is 0 Å². The number of halogens is 1. The van der Waals surface area contributed by atoms with Gasteiger partial charge in [-0.1, -0.05) is 35.5 Å². The van der Waals surface area contributed by atoms with E-state index in [-0.39, 0.29) is 11.9 Å². The molecule has 2 aromatic rings. The van der Waals surface area contributed by atoms with Gasteiger partial charge in [-0.3, -0.25) is 4.79 Å². The Balaban J connectivity index is 2.00. The van der Waals surface area contributed by atoms with Crippen LogP contribution < -0.4 is 5.32 Å². The highest BCUT2D eigenvalue weighted by Crippen LogP contribution is 2.08. The molecule has 0 radical (unpaired) electrons. The molecule has 0 saturated heterocycles. The molecule has 1 amide bonds. The zero-order chi connectivity index (χ0) is 13.7. The van der Waals surface area contributed by atoms with E-state index in [4.69, 9.17) is 16.1 Å². The van der Waals surface area contributed by atoms with Gasteiger partial charge >= 0.3 is 0 Å². The molecule has 0 saturated carbocycles. The normalized spacial score (nSPS) is 12.1. The van der Waals surface area contributed by atoms with Gasteiger partial charge in [-0.15, -0.1) is 11.6 Å². The van der Waals surface area contributed by atoms with Gasteiger partial charge in [-0.2, -0.15) is 0 Å². The number of aromatic nitrogens is 1. The summed E-state index contributed by atoms with van der Waals surface area (Å²) in [6.45, 7) is 1.70. The third-order valence-electron chi connectivity index (χ3n) is 2.84. The highest BCUT2D eigenvalue weighted by atomic mass is 35.5. The maximum atomic E-state index is 12.0. The molecule has 0 aliphatic heterocycles. The summed E-state index contributed by atoms with van der Waals surface area (Å²) in [5.41, 5.74) is 1.58. The minimum absolute atomic E-state index is 0.120. The predicted octanol–water partition coefficient (Wildman–Crippen LogP) is 2.56. The zero-order valence-corrected chi connectivity index (χ0v) is 11.4. The SMILES string of the molecule is Cc1oncc1C(=O)NC(CCl)Cc1ccccc1. The number of hydrogen-bond donors (Lipinski definition) is 1.